The van der Waals surface area contributed by atoms with Crippen LogP contribution in [0.5, 0.6) is 11.5 Å². The summed E-state index contributed by atoms with van der Waals surface area (Å²) in [5.74, 6) is -0.806. The molecule has 3 aromatic carbocycles. The predicted octanol–water partition coefficient (Wildman–Crippen LogP) is 6.34. The second-order valence-electron chi connectivity index (χ2n) is 9.63. The lowest BCUT2D eigenvalue weighted by Gasteiger charge is -2.27. The summed E-state index contributed by atoms with van der Waals surface area (Å²) in [5, 5.41) is 12.1. The van der Waals surface area contributed by atoms with E-state index in [1.165, 1.54) is 18.1 Å². The van der Waals surface area contributed by atoms with Gasteiger partial charge in [0.25, 0.3) is 5.91 Å². The second-order valence-corrected chi connectivity index (χ2v) is 10.1. The summed E-state index contributed by atoms with van der Waals surface area (Å²) in [4.78, 5) is 30.8. The van der Waals surface area contributed by atoms with E-state index in [2.05, 4.69) is 0 Å². The zero-order valence-corrected chi connectivity index (χ0v) is 23.4. The van der Waals surface area contributed by atoms with Crippen molar-refractivity contribution >= 4 is 39.9 Å². The number of ketones is 1. The Morgan fingerprint density at radius 3 is 2.40 bits per heavy atom. The molecule has 1 N–H and O–H groups in total. The summed E-state index contributed by atoms with van der Waals surface area (Å²) in [6.45, 7) is 2.61. The van der Waals surface area contributed by atoms with Crippen LogP contribution in [0.4, 0.5) is 5.69 Å². The van der Waals surface area contributed by atoms with E-state index in [-0.39, 0.29) is 17.9 Å². The molecule has 40 heavy (non-hydrogen) atoms. The molecule has 1 aliphatic heterocycles. The predicted molar refractivity (Wildman–Crippen MR) is 153 cm³/mol. The Morgan fingerprint density at radius 1 is 1.07 bits per heavy atom. The number of Topliss-reactive ketones (excluding diaryl/α,β-unsaturated/α-hetero) is 1. The van der Waals surface area contributed by atoms with E-state index in [4.69, 9.17) is 25.5 Å². The highest BCUT2D eigenvalue weighted by atomic mass is 35.5. The van der Waals surface area contributed by atoms with Gasteiger partial charge in [0.05, 0.1) is 25.3 Å². The lowest BCUT2D eigenvalue weighted by Crippen LogP contribution is -2.30. The molecule has 1 unspecified atom stereocenters. The molecule has 1 aliphatic rings. The largest absolute Gasteiger partial charge is 0.503 e. The molecule has 9 heteroatoms. The van der Waals surface area contributed by atoms with Gasteiger partial charge < -0.3 is 28.8 Å². The van der Waals surface area contributed by atoms with Crippen molar-refractivity contribution < 1.29 is 28.6 Å². The Balaban J connectivity index is 1.57. The Kier molecular flexibility index (Phi) is 7.45. The van der Waals surface area contributed by atoms with Crippen LogP contribution in [0.1, 0.15) is 34.6 Å². The number of aliphatic hydroxyl groups excluding tert-OH is 1. The first-order chi connectivity index (χ1) is 19.2. The standard InChI is InChI=1S/C31H29ClN2O6/c1-5-39-23-12-6-18(7-13-23)17-34-27(19-8-10-22(11-9-19)33(2)3)26(29(36)31(34)37)28(35)24-15-20-14-21(32)16-25(38-4)30(20)40-24/h6-16,27,36H,5,17H2,1-4H3. The molecule has 0 fully saturated rings. The van der Waals surface area contributed by atoms with Gasteiger partial charge in [0, 0.05) is 42.8 Å². The molecule has 8 nitrogen and oxygen atoms in total. The van der Waals surface area contributed by atoms with Gasteiger partial charge in [0.2, 0.25) is 5.78 Å². The lowest BCUT2D eigenvalue weighted by atomic mass is 9.94. The molecular formula is C31H29ClN2O6. The van der Waals surface area contributed by atoms with Crippen molar-refractivity contribution in [1.29, 1.82) is 0 Å². The minimum absolute atomic E-state index is 0.0391. The summed E-state index contributed by atoms with van der Waals surface area (Å²) in [5.41, 5.74) is 2.73. The minimum Gasteiger partial charge on any atom is -0.503 e. The van der Waals surface area contributed by atoms with Crippen LogP contribution in [0.25, 0.3) is 11.0 Å². The molecule has 0 saturated heterocycles. The van der Waals surface area contributed by atoms with Crippen LogP contribution in [-0.4, -0.2) is 49.5 Å². The van der Waals surface area contributed by atoms with Crippen molar-refractivity contribution in [3.8, 4) is 11.5 Å². The number of fused-ring (bicyclic) bond motifs is 1. The molecule has 0 spiro atoms. The van der Waals surface area contributed by atoms with Gasteiger partial charge >= 0.3 is 0 Å². The maximum Gasteiger partial charge on any atom is 0.290 e. The maximum absolute atomic E-state index is 13.9. The van der Waals surface area contributed by atoms with Gasteiger partial charge in [-0.3, -0.25) is 9.59 Å². The molecule has 0 radical (unpaired) electrons. The van der Waals surface area contributed by atoms with Gasteiger partial charge in [-0.2, -0.15) is 0 Å². The highest BCUT2D eigenvalue weighted by Crippen LogP contribution is 2.42. The Morgan fingerprint density at radius 2 is 1.77 bits per heavy atom. The first-order valence-electron chi connectivity index (χ1n) is 12.8. The van der Waals surface area contributed by atoms with Crippen molar-refractivity contribution in [2.45, 2.75) is 19.5 Å². The number of amides is 1. The number of anilines is 1. The fourth-order valence-corrected chi connectivity index (χ4v) is 5.10. The average Bonchev–Trinajstić information content (AvgIpc) is 3.48. The molecule has 0 aliphatic carbocycles. The third kappa shape index (κ3) is 4.98. The summed E-state index contributed by atoms with van der Waals surface area (Å²) in [7, 11) is 5.33. The summed E-state index contributed by atoms with van der Waals surface area (Å²) >= 11 is 6.20. The van der Waals surface area contributed by atoms with E-state index in [1.807, 2.05) is 74.4 Å². The zero-order valence-electron chi connectivity index (χ0n) is 22.6. The van der Waals surface area contributed by atoms with Crippen LogP contribution in [0.3, 0.4) is 0 Å². The van der Waals surface area contributed by atoms with Crippen molar-refractivity contribution in [2.75, 3.05) is 32.7 Å². The molecule has 1 aromatic heterocycles. The number of methoxy groups -OCH3 is 1. The van der Waals surface area contributed by atoms with Gasteiger partial charge in [0.1, 0.15) is 5.75 Å². The number of carbonyl (C=O) groups is 2. The molecule has 2 heterocycles. The number of ether oxygens (including phenoxy) is 2. The van der Waals surface area contributed by atoms with Crippen LogP contribution < -0.4 is 14.4 Å². The van der Waals surface area contributed by atoms with Crippen LogP contribution in [0.15, 0.2) is 82.5 Å². The molecule has 206 valence electrons. The van der Waals surface area contributed by atoms with Crippen LogP contribution >= 0.6 is 11.6 Å². The number of benzene rings is 3. The molecular weight excluding hydrogens is 532 g/mol. The topological polar surface area (TPSA) is 92.5 Å². The van der Waals surface area contributed by atoms with Gasteiger partial charge in [-0.1, -0.05) is 35.9 Å². The molecule has 0 saturated carbocycles. The number of nitrogens with zero attached hydrogens (tertiary/aromatic N) is 2. The summed E-state index contributed by atoms with van der Waals surface area (Å²) < 4.78 is 16.8. The Labute approximate surface area is 237 Å². The third-order valence-electron chi connectivity index (χ3n) is 6.85. The highest BCUT2D eigenvalue weighted by molar-refractivity contribution is 6.31. The van der Waals surface area contributed by atoms with E-state index in [0.29, 0.717) is 39.7 Å². The number of aliphatic hydroxyl groups is 1. The summed E-state index contributed by atoms with van der Waals surface area (Å²) in [6.07, 6.45) is 0. The monoisotopic (exact) mass is 560 g/mol. The average molecular weight is 561 g/mol. The number of hydrogen-bond acceptors (Lipinski definition) is 7. The van der Waals surface area contributed by atoms with E-state index in [1.54, 1.807) is 12.1 Å². The quantitative estimate of drug-likeness (QED) is 0.239. The number of halogens is 1. The van der Waals surface area contributed by atoms with Crippen molar-refractivity contribution in [2.24, 2.45) is 0 Å². The molecule has 1 atom stereocenters. The number of hydrogen-bond donors (Lipinski definition) is 1. The fraction of sp³-hybridized carbons (Fsp3) is 0.226. The van der Waals surface area contributed by atoms with Crippen molar-refractivity contribution in [3.05, 3.63) is 100.0 Å². The lowest BCUT2D eigenvalue weighted by molar-refractivity contribution is -0.130. The van der Waals surface area contributed by atoms with E-state index in [0.717, 1.165) is 11.3 Å². The van der Waals surface area contributed by atoms with E-state index >= 15 is 0 Å². The molecule has 0 bridgehead atoms. The Hall–Kier alpha value is -4.43. The normalized spacial score (nSPS) is 15.2. The van der Waals surface area contributed by atoms with Crippen molar-refractivity contribution in [3.63, 3.8) is 0 Å². The maximum atomic E-state index is 13.9. The first kappa shape index (κ1) is 27.1. The fourth-order valence-electron chi connectivity index (χ4n) is 4.89. The molecule has 5 rings (SSSR count). The SMILES string of the molecule is CCOc1ccc(CN2C(=O)C(O)=C(C(=O)c3cc4cc(Cl)cc(OC)c4o3)C2c2ccc(N(C)C)cc2)cc1. The minimum atomic E-state index is -0.846. The van der Waals surface area contributed by atoms with Gasteiger partial charge in [0.15, 0.2) is 22.9 Å². The zero-order chi connectivity index (χ0) is 28.6. The van der Waals surface area contributed by atoms with Crippen LogP contribution in [0.2, 0.25) is 5.02 Å². The number of rotatable bonds is 9. The van der Waals surface area contributed by atoms with E-state index in [9.17, 15) is 14.7 Å². The van der Waals surface area contributed by atoms with Gasteiger partial charge in [-0.05, 0) is 54.4 Å². The highest BCUT2D eigenvalue weighted by Gasteiger charge is 2.44. The van der Waals surface area contributed by atoms with Gasteiger partial charge in [-0.15, -0.1) is 0 Å². The number of furan rings is 1. The second kappa shape index (κ2) is 11.0. The van der Waals surface area contributed by atoms with Crippen LogP contribution in [0, 0.1) is 0 Å². The van der Waals surface area contributed by atoms with Gasteiger partial charge in [-0.25, -0.2) is 0 Å². The first-order valence-corrected chi connectivity index (χ1v) is 13.1. The smallest absolute Gasteiger partial charge is 0.290 e. The summed E-state index contributed by atoms with van der Waals surface area (Å²) in [6, 6.07) is 18.8. The molecule has 4 aromatic rings. The Bertz CT molecular complexity index is 1610. The third-order valence-corrected chi connectivity index (χ3v) is 7.07. The van der Waals surface area contributed by atoms with Crippen LogP contribution in [-0.2, 0) is 11.3 Å². The van der Waals surface area contributed by atoms with E-state index < -0.39 is 23.5 Å². The molecule has 1 amide bonds. The van der Waals surface area contributed by atoms with Crippen molar-refractivity contribution in [1.82, 2.24) is 4.90 Å². The number of carbonyl (C=O) groups excluding carboxylic acids is 2.